The molecule has 4 heteroatoms. The van der Waals surface area contributed by atoms with Crippen LogP contribution in [-0.2, 0) is 6.54 Å². The highest BCUT2D eigenvalue weighted by atomic mass is 16.3. The Morgan fingerprint density at radius 3 is 2.67 bits per heavy atom. The number of aliphatic hydroxyl groups excluding tert-OH is 2. The summed E-state index contributed by atoms with van der Waals surface area (Å²) in [4.78, 5) is 4.44. The lowest BCUT2D eigenvalue weighted by molar-refractivity contribution is 0.170. The summed E-state index contributed by atoms with van der Waals surface area (Å²) in [6.45, 7) is 2.47. The summed E-state index contributed by atoms with van der Waals surface area (Å²) >= 11 is 0. The van der Waals surface area contributed by atoms with E-state index in [0.29, 0.717) is 6.54 Å². The smallest absolute Gasteiger partial charge is 0.0705 e. The van der Waals surface area contributed by atoms with E-state index in [1.165, 1.54) is 0 Å². The van der Waals surface area contributed by atoms with Crippen molar-refractivity contribution in [2.45, 2.75) is 19.5 Å². The number of benzene rings is 1. The van der Waals surface area contributed by atoms with Gasteiger partial charge in [0.2, 0.25) is 0 Å². The standard InChI is InChI=1S/C14H18N2O2/c1-10-2-4-12-6-11(3-5-14(12)16-10)7-15-13(8-17)9-18/h2-6,13,15,17-18H,7-9H2,1H3. The third kappa shape index (κ3) is 3.04. The quantitative estimate of drug-likeness (QED) is 0.736. The van der Waals surface area contributed by atoms with Crippen LogP contribution in [0.25, 0.3) is 10.9 Å². The minimum atomic E-state index is -0.267. The number of nitrogens with one attached hydrogen (secondary N) is 1. The van der Waals surface area contributed by atoms with Gasteiger partial charge < -0.3 is 15.5 Å². The second-order valence-corrected chi connectivity index (χ2v) is 4.42. The van der Waals surface area contributed by atoms with Gasteiger partial charge in [-0.2, -0.15) is 0 Å². The summed E-state index contributed by atoms with van der Waals surface area (Å²) in [6, 6.07) is 9.85. The van der Waals surface area contributed by atoms with Crippen LogP contribution in [0.1, 0.15) is 11.3 Å². The lowest BCUT2D eigenvalue weighted by atomic mass is 10.1. The molecule has 4 nitrogen and oxygen atoms in total. The van der Waals surface area contributed by atoms with E-state index < -0.39 is 0 Å². The van der Waals surface area contributed by atoms with Crippen LogP contribution in [0.5, 0.6) is 0 Å². The SMILES string of the molecule is Cc1ccc2cc(CNC(CO)CO)ccc2n1. The third-order valence-electron chi connectivity index (χ3n) is 2.93. The van der Waals surface area contributed by atoms with E-state index in [4.69, 9.17) is 10.2 Å². The van der Waals surface area contributed by atoms with Crippen molar-refractivity contribution < 1.29 is 10.2 Å². The number of fused-ring (bicyclic) bond motifs is 1. The van der Waals surface area contributed by atoms with Crippen molar-refractivity contribution in [3.63, 3.8) is 0 Å². The molecule has 1 aromatic heterocycles. The zero-order valence-corrected chi connectivity index (χ0v) is 10.4. The van der Waals surface area contributed by atoms with Crippen LogP contribution < -0.4 is 5.32 Å². The van der Waals surface area contributed by atoms with Gasteiger partial charge in [0.15, 0.2) is 0 Å². The largest absolute Gasteiger partial charge is 0.395 e. The minimum Gasteiger partial charge on any atom is -0.395 e. The number of hydrogen-bond donors (Lipinski definition) is 3. The molecule has 0 aliphatic carbocycles. The molecule has 3 N–H and O–H groups in total. The van der Waals surface area contributed by atoms with Gasteiger partial charge in [0.25, 0.3) is 0 Å². The summed E-state index contributed by atoms with van der Waals surface area (Å²) < 4.78 is 0. The first-order valence-electron chi connectivity index (χ1n) is 6.04. The first-order chi connectivity index (χ1) is 8.72. The van der Waals surface area contributed by atoms with Crippen molar-refractivity contribution in [3.05, 3.63) is 41.6 Å². The van der Waals surface area contributed by atoms with E-state index in [1.807, 2.05) is 25.1 Å². The first kappa shape index (κ1) is 13.0. The predicted octanol–water partition coefficient (Wildman–Crippen LogP) is 0.986. The second-order valence-electron chi connectivity index (χ2n) is 4.42. The van der Waals surface area contributed by atoms with Crippen molar-refractivity contribution >= 4 is 10.9 Å². The van der Waals surface area contributed by atoms with Crippen LogP contribution in [-0.4, -0.2) is 34.5 Å². The van der Waals surface area contributed by atoms with Crippen LogP contribution in [0.15, 0.2) is 30.3 Å². The summed E-state index contributed by atoms with van der Waals surface area (Å²) in [5, 5.41) is 22.1. The van der Waals surface area contributed by atoms with Crippen molar-refractivity contribution in [1.29, 1.82) is 0 Å². The summed E-state index contributed by atoms with van der Waals surface area (Å²) in [6.07, 6.45) is 0. The fraction of sp³-hybridized carbons (Fsp3) is 0.357. The van der Waals surface area contributed by atoms with Crippen molar-refractivity contribution in [2.75, 3.05) is 13.2 Å². The molecule has 0 spiro atoms. The van der Waals surface area contributed by atoms with E-state index in [2.05, 4.69) is 22.4 Å². The molecular formula is C14H18N2O2. The summed E-state index contributed by atoms with van der Waals surface area (Å²) in [7, 11) is 0. The Morgan fingerprint density at radius 2 is 1.94 bits per heavy atom. The number of aryl methyl sites for hydroxylation is 1. The second kappa shape index (κ2) is 5.91. The maximum absolute atomic E-state index is 8.97. The van der Waals surface area contributed by atoms with E-state index in [0.717, 1.165) is 22.2 Å². The lowest BCUT2D eigenvalue weighted by Crippen LogP contribution is -2.35. The Labute approximate surface area is 106 Å². The average Bonchev–Trinajstić information content (AvgIpc) is 2.40. The molecule has 0 saturated heterocycles. The van der Waals surface area contributed by atoms with Gasteiger partial charge in [0, 0.05) is 17.6 Å². The number of rotatable bonds is 5. The van der Waals surface area contributed by atoms with Gasteiger partial charge in [-0.15, -0.1) is 0 Å². The Morgan fingerprint density at radius 1 is 1.17 bits per heavy atom. The number of hydrogen-bond acceptors (Lipinski definition) is 4. The van der Waals surface area contributed by atoms with Gasteiger partial charge in [-0.1, -0.05) is 12.1 Å². The van der Waals surface area contributed by atoms with E-state index in [-0.39, 0.29) is 19.3 Å². The van der Waals surface area contributed by atoms with Crippen molar-refractivity contribution in [1.82, 2.24) is 10.3 Å². The topological polar surface area (TPSA) is 65.4 Å². The Bertz CT molecular complexity index is 524. The molecule has 0 fully saturated rings. The molecule has 0 saturated carbocycles. The highest BCUT2D eigenvalue weighted by Crippen LogP contribution is 2.14. The monoisotopic (exact) mass is 246 g/mol. The van der Waals surface area contributed by atoms with E-state index in [9.17, 15) is 0 Å². The molecule has 96 valence electrons. The third-order valence-corrected chi connectivity index (χ3v) is 2.93. The van der Waals surface area contributed by atoms with Crippen LogP contribution in [0.3, 0.4) is 0 Å². The van der Waals surface area contributed by atoms with Gasteiger partial charge >= 0.3 is 0 Å². The molecular weight excluding hydrogens is 228 g/mol. The van der Waals surface area contributed by atoms with Crippen molar-refractivity contribution in [3.8, 4) is 0 Å². The number of nitrogens with zero attached hydrogens (tertiary/aromatic N) is 1. The first-order valence-corrected chi connectivity index (χ1v) is 6.04. The molecule has 0 amide bonds. The van der Waals surface area contributed by atoms with Gasteiger partial charge in [-0.25, -0.2) is 0 Å². The number of aliphatic hydroxyl groups is 2. The van der Waals surface area contributed by atoms with Gasteiger partial charge in [0.1, 0.15) is 0 Å². The molecule has 0 unspecified atom stereocenters. The molecule has 18 heavy (non-hydrogen) atoms. The van der Waals surface area contributed by atoms with Crippen LogP contribution in [0.2, 0.25) is 0 Å². The van der Waals surface area contributed by atoms with Crippen molar-refractivity contribution in [2.24, 2.45) is 0 Å². The Balaban J connectivity index is 2.12. The minimum absolute atomic E-state index is 0.0647. The Kier molecular flexibility index (Phi) is 4.25. The number of aromatic nitrogens is 1. The molecule has 0 atom stereocenters. The number of pyridine rings is 1. The lowest BCUT2D eigenvalue weighted by Gasteiger charge is -2.13. The fourth-order valence-corrected chi connectivity index (χ4v) is 1.84. The van der Waals surface area contributed by atoms with E-state index >= 15 is 0 Å². The molecule has 2 aromatic rings. The summed E-state index contributed by atoms with van der Waals surface area (Å²) in [5.74, 6) is 0. The van der Waals surface area contributed by atoms with Gasteiger partial charge in [0.05, 0.1) is 24.8 Å². The maximum Gasteiger partial charge on any atom is 0.0705 e. The summed E-state index contributed by atoms with van der Waals surface area (Å²) in [5.41, 5.74) is 3.11. The fourth-order valence-electron chi connectivity index (χ4n) is 1.84. The highest BCUT2D eigenvalue weighted by molar-refractivity contribution is 5.79. The van der Waals surface area contributed by atoms with Crippen LogP contribution in [0, 0.1) is 6.92 Å². The average molecular weight is 246 g/mol. The van der Waals surface area contributed by atoms with E-state index in [1.54, 1.807) is 0 Å². The maximum atomic E-state index is 8.97. The van der Waals surface area contributed by atoms with Crippen LogP contribution in [0.4, 0.5) is 0 Å². The predicted molar refractivity (Wildman–Crippen MR) is 71.3 cm³/mol. The van der Waals surface area contributed by atoms with Gasteiger partial charge in [-0.3, -0.25) is 4.98 Å². The highest BCUT2D eigenvalue weighted by Gasteiger charge is 2.05. The molecule has 1 aromatic carbocycles. The normalized spacial score (nSPS) is 11.3. The molecule has 0 bridgehead atoms. The van der Waals surface area contributed by atoms with Gasteiger partial charge in [-0.05, 0) is 30.7 Å². The zero-order valence-electron chi connectivity index (χ0n) is 10.4. The molecule has 0 radical (unpaired) electrons. The molecule has 1 heterocycles. The zero-order chi connectivity index (χ0) is 13.0. The molecule has 0 aliphatic rings. The molecule has 0 aliphatic heterocycles. The molecule has 2 rings (SSSR count). The van der Waals surface area contributed by atoms with Crippen LogP contribution >= 0.6 is 0 Å². The Hall–Kier alpha value is -1.49.